The summed E-state index contributed by atoms with van der Waals surface area (Å²) in [5.74, 6) is -7.59. The van der Waals surface area contributed by atoms with Crippen LogP contribution in [0.3, 0.4) is 0 Å². The molecular weight excluding hydrogens is 390 g/mol. The molecule has 1 unspecified atom stereocenters. The molecular formula is C11H8F6O5S2. The molecule has 0 spiro atoms. The van der Waals surface area contributed by atoms with E-state index in [0.29, 0.717) is 5.56 Å². The largest absolute Gasteiger partial charge is 0.450 e. The molecule has 0 bridgehead atoms. The fraction of sp³-hybridized carbons (Fsp3) is 0.273. The van der Waals surface area contributed by atoms with Crippen LogP contribution in [-0.4, -0.2) is 33.6 Å². The summed E-state index contributed by atoms with van der Waals surface area (Å²) in [6.45, 7) is 3.34. The first kappa shape index (κ1) is 20.4. The molecule has 5 nitrogen and oxygen atoms in total. The molecule has 0 aromatic heterocycles. The van der Waals surface area contributed by atoms with Crippen LogP contribution in [0.2, 0.25) is 0 Å². The quantitative estimate of drug-likeness (QED) is 0.434. The molecule has 0 saturated heterocycles. The summed E-state index contributed by atoms with van der Waals surface area (Å²) >= 11 is -4.77. The zero-order valence-corrected chi connectivity index (χ0v) is 12.9. The van der Waals surface area contributed by atoms with Gasteiger partial charge in [0.15, 0.2) is 0 Å². The van der Waals surface area contributed by atoms with E-state index in [9.17, 15) is 39.0 Å². The Morgan fingerprint density at radius 3 is 1.92 bits per heavy atom. The third-order valence-electron chi connectivity index (χ3n) is 2.59. The van der Waals surface area contributed by atoms with E-state index < -0.39 is 43.4 Å². The first-order valence-corrected chi connectivity index (χ1v) is 8.13. The lowest BCUT2D eigenvalue weighted by atomic mass is 10.2. The van der Waals surface area contributed by atoms with Crippen molar-refractivity contribution in [1.29, 1.82) is 0 Å². The first-order chi connectivity index (χ1) is 10.7. The second-order valence-electron chi connectivity index (χ2n) is 4.17. The molecule has 24 heavy (non-hydrogen) atoms. The van der Waals surface area contributed by atoms with Crippen LogP contribution in [0.5, 0.6) is 5.75 Å². The summed E-state index contributed by atoms with van der Waals surface area (Å²) < 4.78 is 124. The summed E-state index contributed by atoms with van der Waals surface area (Å²) in [5.41, 5.74) is 0.388. The molecule has 0 aliphatic carbocycles. The Morgan fingerprint density at radius 1 is 1.08 bits per heavy atom. The molecule has 0 fully saturated rings. The highest BCUT2D eigenvalue weighted by atomic mass is 32.2. The van der Waals surface area contributed by atoms with E-state index in [4.69, 9.17) is 4.55 Å². The van der Waals surface area contributed by atoms with E-state index in [1.54, 1.807) is 0 Å². The number of hydrogen-bond acceptors (Lipinski definition) is 4. The van der Waals surface area contributed by atoms with Crippen molar-refractivity contribution in [1.82, 2.24) is 0 Å². The van der Waals surface area contributed by atoms with Gasteiger partial charge in [0, 0.05) is 0 Å². The van der Waals surface area contributed by atoms with Crippen LogP contribution in [0, 0.1) is 0 Å². The fourth-order valence-electron chi connectivity index (χ4n) is 1.27. The SMILES string of the molecule is C=Cc1ccc(OS(=O)(=O)C(F)(F)C(F)(F)C(F)(F)S(=O)O)cc1. The maximum absolute atomic E-state index is 13.5. The average Bonchev–Trinajstić information content (AvgIpc) is 2.46. The molecule has 0 heterocycles. The van der Waals surface area contributed by atoms with Crippen molar-refractivity contribution in [3.8, 4) is 5.75 Å². The lowest BCUT2D eigenvalue weighted by molar-refractivity contribution is -0.245. The van der Waals surface area contributed by atoms with Crippen molar-refractivity contribution < 1.29 is 47.7 Å². The van der Waals surface area contributed by atoms with E-state index >= 15 is 0 Å². The summed E-state index contributed by atoms with van der Waals surface area (Å²) in [4.78, 5) is 0. The Morgan fingerprint density at radius 2 is 1.54 bits per heavy atom. The van der Waals surface area contributed by atoms with Gasteiger partial charge in [-0.3, -0.25) is 0 Å². The number of halogens is 6. The maximum atomic E-state index is 13.5. The maximum Gasteiger partial charge on any atom is 0.450 e. The Labute approximate surface area is 134 Å². The molecule has 136 valence electrons. The van der Waals surface area contributed by atoms with E-state index in [-0.39, 0.29) is 0 Å². The van der Waals surface area contributed by atoms with Gasteiger partial charge in [0.05, 0.1) is 0 Å². The Balaban J connectivity index is 3.27. The van der Waals surface area contributed by atoms with Crippen molar-refractivity contribution in [2.24, 2.45) is 0 Å². The van der Waals surface area contributed by atoms with Crippen molar-refractivity contribution in [3.05, 3.63) is 36.4 Å². The molecule has 1 rings (SSSR count). The summed E-state index contributed by atoms with van der Waals surface area (Å²) in [7, 11) is -6.64. The molecule has 0 aliphatic heterocycles. The zero-order chi connectivity index (χ0) is 19.0. The van der Waals surface area contributed by atoms with Crippen molar-refractivity contribution in [3.63, 3.8) is 0 Å². The normalized spacial score (nSPS) is 15.0. The van der Waals surface area contributed by atoms with Gasteiger partial charge in [-0.25, -0.2) is 4.21 Å². The highest BCUT2D eigenvalue weighted by molar-refractivity contribution is 7.88. The molecule has 1 aromatic carbocycles. The molecule has 1 aromatic rings. The average molecular weight is 398 g/mol. The van der Waals surface area contributed by atoms with Crippen LogP contribution in [-0.2, 0) is 21.2 Å². The minimum absolute atomic E-state index is 0.388. The van der Waals surface area contributed by atoms with Crippen LogP contribution in [0.1, 0.15) is 5.56 Å². The van der Waals surface area contributed by atoms with Crippen LogP contribution >= 0.6 is 0 Å². The Hall–Kier alpha value is -1.60. The van der Waals surface area contributed by atoms with E-state index in [1.807, 2.05) is 0 Å². The number of rotatable bonds is 7. The Bertz CT molecular complexity index is 745. The van der Waals surface area contributed by atoms with Gasteiger partial charge < -0.3 is 8.74 Å². The molecule has 1 atom stereocenters. The third kappa shape index (κ3) is 3.28. The number of hydrogen-bond donors (Lipinski definition) is 1. The van der Waals surface area contributed by atoms with Gasteiger partial charge in [-0.1, -0.05) is 24.8 Å². The van der Waals surface area contributed by atoms with E-state index in [1.165, 1.54) is 6.08 Å². The van der Waals surface area contributed by atoms with Crippen molar-refractivity contribution >= 4 is 27.3 Å². The van der Waals surface area contributed by atoms with Gasteiger partial charge in [-0.2, -0.15) is 34.8 Å². The lowest BCUT2D eigenvalue weighted by Gasteiger charge is -2.29. The second-order valence-corrected chi connectivity index (χ2v) is 6.77. The molecule has 1 N–H and O–H groups in total. The van der Waals surface area contributed by atoms with Crippen LogP contribution < -0.4 is 4.18 Å². The van der Waals surface area contributed by atoms with Crippen LogP contribution in [0.4, 0.5) is 26.3 Å². The zero-order valence-electron chi connectivity index (χ0n) is 11.3. The predicted molar refractivity (Wildman–Crippen MR) is 71.7 cm³/mol. The smallest absolute Gasteiger partial charge is 0.378 e. The Kier molecular flexibility index (Phi) is 5.42. The summed E-state index contributed by atoms with van der Waals surface area (Å²) in [5, 5.41) is -12.8. The van der Waals surface area contributed by atoms with Crippen LogP contribution in [0.25, 0.3) is 6.08 Å². The van der Waals surface area contributed by atoms with Gasteiger partial charge >= 0.3 is 26.5 Å². The van der Waals surface area contributed by atoms with Gasteiger partial charge in [0.1, 0.15) is 5.75 Å². The van der Waals surface area contributed by atoms with Gasteiger partial charge in [0.25, 0.3) is 0 Å². The van der Waals surface area contributed by atoms with Crippen molar-refractivity contribution in [2.45, 2.75) is 16.4 Å². The van der Waals surface area contributed by atoms with Gasteiger partial charge in [-0.05, 0) is 17.7 Å². The summed E-state index contributed by atoms with van der Waals surface area (Å²) in [6, 6.07) is 3.80. The molecule has 13 heteroatoms. The monoisotopic (exact) mass is 398 g/mol. The van der Waals surface area contributed by atoms with E-state index in [0.717, 1.165) is 24.3 Å². The fourth-order valence-corrected chi connectivity index (χ4v) is 2.60. The number of alkyl halides is 6. The summed E-state index contributed by atoms with van der Waals surface area (Å²) in [6.07, 6.45) is 1.28. The van der Waals surface area contributed by atoms with Crippen molar-refractivity contribution in [2.75, 3.05) is 0 Å². The minimum atomic E-state index is -6.72. The molecule has 0 amide bonds. The molecule has 0 saturated carbocycles. The van der Waals surface area contributed by atoms with Crippen LogP contribution in [0.15, 0.2) is 30.8 Å². The second kappa shape index (κ2) is 6.37. The minimum Gasteiger partial charge on any atom is -0.378 e. The van der Waals surface area contributed by atoms with E-state index in [2.05, 4.69) is 10.8 Å². The molecule has 0 aliphatic rings. The topological polar surface area (TPSA) is 80.7 Å². The van der Waals surface area contributed by atoms with Gasteiger partial charge in [-0.15, -0.1) is 0 Å². The third-order valence-corrected chi connectivity index (χ3v) is 4.58. The predicted octanol–water partition coefficient (Wildman–Crippen LogP) is 3.08. The highest BCUT2D eigenvalue weighted by Gasteiger charge is 2.81. The first-order valence-electron chi connectivity index (χ1n) is 5.61. The standard InChI is InChI=1S/C11H8F6O5S2/c1-2-7-3-5-8(6-4-7)22-24(20,21)11(16,17)9(12,13)10(14,15)23(18)19/h2-6H,1H2,(H,18,19). The molecule has 0 radical (unpaired) electrons. The lowest BCUT2D eigenvalue weighted by Crippen LogP contribution is -2.60. The van der Waals surface area contributed by atoms with Gasteiger partial charge in [0.2, 0.25) is 11.1 Å². The number of benzene rings is 1. The highest BCUT2D eigenvalue weighted by Crippen LogP contribution is 2.50.